The van der Waals surface area contributed by atoms with Gasteiger partial charge in [-0.05, 0) is 40.8 Å². The third kappa shape index (κ3) is 1.66. The molecule has 0 spiro atoms. The highest BCUT2D eigenvalue weighted by molar-refractivity contribution is 14.1. The molecule has 4 heteroatoms. The lowest BCUT2D eigenvalue weighted by Gasteiger charge is -2.06. The first-order chi connectivity index (χ1) is 6.72. The molecule has 0 aliphatic heterocycles. The molecule has 0 atom stereocenters. The molecule has 0 aliphatic rings. The number of nitrogens with zero attached hydrogens (tertiary/aromatic N) is 1. The molecular weight excluding hydrogens is 310 g/mol. The van der Waals surface area contributed by atoms with Crippen molar-refractivity contribution in [3.63, 3.8) is 0 Å². The SMILES string of the molecule is CNc1ccnc2c(Cl)cc(I)cc12. The number of aromatic nitrogens is 1. The minimum Gasteiger partial charge on any atom is -0.388 e. The minimum atomic E-state index is 0.698. The van der Waals surface area contributed by atoms with Crippen LogP contribution in [0.5, 0.6) is 0 Å². The maximum atomic E-state index is 6.10. The van der Waals surface area contributed by atoms with E-state index in [4.69, 9.17) is 11.6 Å². The van der Waals surface area contributed by atoms with Gasteiger partial charge in [0.05, 0.1) is 10.5 Å². The number of nitrogens with one attached hydrogen (secondary N) is 1. The number of pyridine rings is 1. The van der Waals surface area contributed by atoms with E-state index in [9.17, 15) is 0 Å². The largest absolute Gasteiger partial charge is 0.388 e. The molecule has 1 N–H and O–H groups in total. The van der Waals surface area contributed by atoms with Crippen LogP contribution in [0.3, 0.4) is 0 Å². The normalized spacial score (nSPS) is 10.5. The number of hydrogen-bond donors (Lipinski definition) is 1. The fourth-order valence-corrected chi connectivity index (χ4v) is 2.47. The Morgan fingerprint density at radius 3 is 2.93 bits per heavy atom. The van der Waals surface area contributed by atoms with E-state index >= 15 is 0 Å². The Morgan fingerprint density at radius 2 is 2.21 bits per heavy atom. The standard InChI is InChI=1S/C10H8ClIN2/c1-13-9-2-3-14-10-7(9)4-6(12)5-8(10)11/h2-5H,1H3,(H,13,14). The lowest BCUT2D eigenvalue weighted by atomic mass is 10.2. The van der Waals surface area contributed by atoms with Gasteiger partial charge in [0, 0.05) is 27.9 Å². The van der Waals surface area contributed by atoms with E-state index in [0.717, 1.165) is 20.2 Å². The van der Waals surface area contributed by atoms with Crippen molar-refractivity contribution in [2.75, 3.05) is 12.4 Å². The summed E-state index contributed by atoms with van der Waals surface area (Å²) in [6, 6.07) is 5.92. The van der Waals surface area contributed by atoms with Crippen molar-refractivity contribution in [1.29, 1.82) is 0 Å². The van der Waals surface area contributed by atoms with Crippen LogP contribution in [0, 0.1) is 3.57 Å². The molecule has 2 rings (SSSR count). The van der Waals surface area contributed by atoms with Crippen molar-refractivity contribution in [2.24, 2.45) is 0 Å². The molecule has 0 unspecified atom stereocenters. The quantitative estimate of drug-likeness (QED) is 0.814. The van der Waals surface area contributed by atoms with Crippen molar-refractivity contribution in [3.8, 4) is 0 Å². The van der Waals surface area contributed by atoms with Crippen molar-refractivity contribution < 1.29 is 0 Å². The summed E-state index contributed by atoms with van der Waals surface area (Å²) in [4.78, 5) is 4.26. The highest BCUT2D eigenvalue weighted by Crippen LogP contribution is 2.29. The Labute approximate surface area is 101 Å². The molecule has 2 nitrogen and oxygen atoms in total. The molecule has 0 bridgehead atoms. The van der Waals surface area contributed by atoms with Crippen molar-refractivity contribution in [1.82, 2.24) is 4.98 Å². The first kappa shape index (κ1) is 9.98. The molecule has 2 aromatic rings. The molecule has 0 radical (unpaired) electrons. The summed E-state index contributed by atoms with van der Waals surface area (Å²) in [5.74, 6) is 0. The molecule has 0 saturated carbocycles. The van der Waals surface area contributed by atoms with E-state index in [1.807, 2.05) is 19.2 Å². The summed E-state index contributed by atoms with van der Waals surface area (Å²) in [7, 11) is 1.89. The zero-order chi connectivity index (χ0) is 10.1. The number of rotatable bonds is 1. The Balaban J connectivity index is 2.86. The fraction of sp³-hybridized carbons (Fsp3) is 0.100. The van der Waals surface area contributed by atoms with E-state index in [2.05, 4.69) is 39.0 Å². The topological polar surface area (TPSA) is 24.9 Å². The number of fused-ring (bicyclic) bond motifs is 1. The molecule has 1 aromatic heterocycles. The summed E-state index contributed by atoms with van der Waals surface area (Å²) in [5.41, 5.74) is 1.90. The van der Waals surface area contributed by atoms with Crippen LogP contribution < -0.4 is 5.32 Å². The molecule has 0 saturated heterocycles. The van der Waals surface area contributed by atoms with E-state index in [1.165, 1.54) is 0 Å². The van der Waals surface area contributed by atoms with E-state index in [-0.39, 0.29) is 0 Å². The number of benzene rings is 1. The second-order valence-corrected chi connectivity index (χ2v) is 4.55. The monoisotopic (exact) mass is 318 g/mol. The van der Waals surface area contributed by atoms with E-state index in [0.29, 0.717) is 5.02 Å². The lowest BCUT2D eigenvalue weighted by molar-refractivity contribution is 1.39. The van der Waals surface area contributed by atoms with Crippen LogP contribution in [-0.4, -0.2) is 12.0 Å². The van der Waals surface area contributed by atoms with E-state index in [1.54, 1.807) is 6.20 Å². The molecular formula is C10H8ClIN2. The summed E-state index contributed by atoms with van der Waals surface area (Å²) in [5, 5.41) is 4.88. The van der Waals surface area contributed by atoms with Gasteiger partial charge in [0.25, 0.3) is 0 Å². The Morgan fingerprint density at radius 1 is 1.43 bits per heavy atom. The van der Waals surface area contributed by atoms with Crippen molar-refractivity contribution >= 4 is 50.8 Å². The average molecular weight is 319 g/mol. The van der Waals surface area contributed by atoms with Crippen molar-refractivity contribution in [3.05, 3.63) is 33.0 Å². The smallest absolute Gasteiger partial charge is 0.0909 e. The van der Waals surface area contributed by atoms with Crippen LogP contribution in [0.1, 0.15) is 0 Å². The van der Waals surface area contributed by atoms with Crippen LogP contribution in [0.15, 0.2) is 24.4 Å². The first-order valence-electron chi connectivity index (χ1n) is 4.14. The zero-order valence-corrected chi connectivity index (χ0v) is 10.4. The van der Waals surface area contributed by atoms with Gasteiger partial charge in [0.1, 0.15) is 0 Å². The molecule has 0 aliphatic carbocycles. The maximum absolute atomic E-state index is 6.10. The molecule has 1 heterocycles. The van der Waals surface area contributed by atoms with E-state index < -0.39 is 0 Å². The van der Waals surface area contributed by atoms with Gasteiger partial charge in [0.15, 0.2) is 0 Å². The highest BCUT2D eigenvalue weighted by Gasteiger charge is 2.05. The van der Waals surface area contributed by atoms with Gasteiger partial charge in [-0.25, -0.2) is 0 Å². The molecule has 14 heavy (non-hydrogen) atoms. The fourth-order valence-electron chi connectivity index (χ4n) is 1.40. The van der Waals surface area contributed by atoms with Gasteiger partial charge in [0.2, 0.25) is 0 Å². The Hall–Kier alpha value is -0.550. The highest BCUT2D eigenvalue weighted by atomic mass is 127. The molecule has 0 amide bonds. The van der Waals surface area contributed by atoms with Crippen LogP contribution in [0.2, 0.25) is 5.02 Å². The lowest BCUT2D eigenvalue weighted by Crippen LogP contribution is -1.91. The minimum absolute atomic E-state index is 0.698. The second kappa shape index (κ2) is 3.90. The predicted octanol–water partition coefficient (Wildman–Crippen LogP) is 3.53. The first-order valence-corrected chi connectivity index (χ1v) is 5.59. The number of halogens is 2. The maximum Gasteiger partial charge on any atom is 0.0909 e. The van der Waals surface area contributed by atoms with Gasteiger partial charge >= 0.3 is 0 Å². The number of hydrogen-bond acceptors (Lipinski definition) is 2. The Bertz CT molecular complexity index is 485. The Kier molecular flexibility index (Phi) is 2.78. The van der Waals surface area contributed by atoms with Gasteiger partial charge in [-0.15, -0.1) is 0 Å². The summed E-state index contributed by atoms with van der Waals surface area (Å²) in [6.45, 7) is 0. The predicted molar refractivity (Wildman–Crippen MR) is 69.0 cm³/mol. The average Bonchev–Trinajstić information content (AvgIpc) is 2.17. The third-order valence-corrected chi connectivity index (χ3v) is 2.94. The second-order valence-electron chi connectivity index (χ2n) is 2.89. The van der Waals surface area contributed by atoms with Crippen LogP contribution in [0.4, 0.5) is 5.69 Å². The molecule has 72 valence electrons. The van der Waals surface area contributed by atoms with Gasteiger partial charge in [-0.1, -0.05) is 11.6 Å². The summed E-state index contributed by atoms with van der Waals surface area (Å²) >= 11 is 8.34. The molecule has 0 fully saturated rings. The van der Waals surface area contributed by atoms with Gasteiger partial charge in [-0.3, -0.25) is 4.98 Å². The van der Waals surface area contributed by atoms with Crippen LogP contribution in [0.25, 0.3) is 10.9 Å². The van der Waals surface area contributed by atoms with Crippen LogP contribution >= 0.6 is 34.2 Å². The summed E-state index contributed by atoms with van der Waals surface area (Å²) < 4.78 is 1.12. The van der Waals surface area contributed by atoms with Gasteiger partial charge < -0.3 is 5.32 Å². The van der Waals surface area contributed by atoms with Crippen LogP contribution in [-0.2, 0) is 0 Å². The zero-order valence-electron chi connectivity index (χ0n) is 7.51. The summed E-state index contributed by atoms with van der Waals surface area (Å²) in [6.07, 6.45) is 1.76. The molecule has 1 aromatic carbocycles. The van der Waals surface area contributed by atoms with Gasteiger partial charge in [-0.2, -0.15) is 0 Å². The van der Waals surface area contributed by atoms with Crippen molar-refractivity contribution in [2.45, 2.75) is 0 Å². The number of anilines is 1. The third-order valence-electron chi connectivity index (χ3n) is 2.03.